The summed E-state index contributed by atoms with van der Waals surface area (Å²) in [5, 5.41) is 0. The molecule has 0 aromatic rings. The topological polar surface area (TPSA) is 0 Å². The molecule has 0 atom stereocenters. The summed E-state index contributed by atoms with van der Waals surface area (Å²) in [5.41, 5.74) is 2.10. The SMILES string of the molecule is C=C(C)C=[CH][Ga]([Cl])[CH]=CC(=C)C. The first-order valence-electron chi connectivity index (χ1n) is 3.84. The Morgan fingerprint density at radius 2 is 1.42 bits per heavy atom. The minimum absolute atomic E-state index is 1.05. The fourth-order valence-corrected chi connectivity index (χ4v) is 3.75. The number of hydrogen-bond donors (Lipinski definition) is 0. The maximum atomic E-state index is 6.10. The first-order chi connectivity index (χ1) is 5.52. The van der Waals surface area contributed by atoms with Crippen molar-refractivity contribution in [2.24, 2.45) is 0 Å². The van der Waals surface area contributed by atoms with Crippen LogP contribution in [0.2, 0.25) is 0 Å². The van der Waals surface area contributed by atoms with Crippen LogP contribution in [0.25, 0.3) is 0 Å². The molecule has 0 amide bonds. The molecule has 0 unspecified atom stereocenters. The van der Waals surface area contributed by atoms with Crippen molar-refractivity contribution in [2.75, 3.05) is 0 Å². The van der Waals surface area contributed by atoms with Gasteiger partial charge in [-0.15, -0.1) is 0 Å². The average molecular weight is 239 g/mol. The van der Waals surface area contributed by atoms with Crippen molar-refractivity contribution < 1.29 is 0 Å². The van der Waals surface area contributed by atoms with Crippen LogP contribution in [0.3, 0.4) is 0 Å². The zero-order chi connectivity index (χ0) is 9.56. The van der Waals surface area contributed by atoms with Crippen LogP contribution in [-0.2, 0) is 0 Å². The van der Waals surface area contributed by atoms with Gasteiger partial charge in [0.2, 0.25) is 0 Å². The first kappa shape index (κ1) is 11.9. The van der Waals surface area contributed by atoms with Gasteiger partial charge in [-0.05, 0) is 0 Å². The van der Waals surface area contributed by atoms with Crippen molar-refractivity contribution in [3.05, 3.63) is 45.7 Å². The van der Waals surface area contributed by atoms with E-state index in [4.69, 9.17) is 9.64 Å². The summed E-state index contributed by atoms with van der Waals surface area (Å²) in [7, 11) is 6.10. The van der Waals surface area contributed by atoms with Crippen LogP contribution in [0.15, 0.2) is 45.7 Å². The molecule has 0 nitrogen and oxygen atoms in total. The predicted molar refractivity (Wildman–Crippen MR) is 59.5 cm³/mol. The van der Waals surface area contributed by atoms with Crippen molar-refractivity contribution in [1.29, 1.82) is 0 Å². The van der Waals surface area contributed by atoms with Crippen molar-refractivity contribution >= 4 is 24.9 Å². The molecular formula is C10H14ClGa. The Kier molecular flexibility index (Phi) is 6.35. The van der Waals surface area contributed by atoms with Gasteiger partial charge < -0.3 is 0 Å². The van der Waals surface area contributed by atoms with Gasteiger partial charge in [0.15, 0.2) is 0 Å². The Morgan fingerprint density at radius 1 is 1.08 bits per heavy atom. The van der Waals surface area contributed by atoms with Crippen molar-refractivity contribution in [1.82, 2.24) is 0 Å². The van der Waals surface area contributed by atoms with E-state index in [1.54, 1.807) is 0 Å². The average Bonchev–Trinajstić information content (AvgIpc) is 1.96. The Balaban J connectivity index is 3.97. The third kappa shape index (κ3) is 7.99. The number of allylic oxidation sites excluding steroid dienone is 4. The van der Waals surface area contributed by atoms with Crippen LogP contribution in [0.5, 0.6) is 0 Å². The van der Waals surface area contributed by atoms with Gasteiger partial charge in [0.1, 0.15) is 0 Å². The molecular weight excluding hydrogens is 225 g/mol. The molecule has 2 heteroatoms. The van der Waals surface area contributed by atoms with E-state index in [0.29, 0.717) is 0 Å². The van der Waals surface area contributed by atoms with E-state index >= 15 is 0 Å². The molecule has 0 aliphatic rings. The molecule has 0 radical (unpaired) electrons. The standard InChI is InChI=1S/2C5H7.ClH.Ga/c2*1-4-5(2)3;;/h2*1,4H,2H2,3H3;1H;/q;;;+1/p-1. The zero-order valence-electron chi connectivity index (χ0n) is 7.68. The Hall–Kier alpha value is -0.114. The summed E-state index contributed by atoms with van der Waals surface area (Å²) in [4.78, 5) is 0. The second-order valence-electron chi connectivity index (χ2n) is 2.86. The van der Waals surface area contributed by atoms with Gasteiger partial charge in [-0.1, -0.05) is 0 Å². The zero-order valence-corrected chi connectivity index (χ0v) is 10.9. The number of halogens is 1. The van der Waals surface area contributed by atoms with E-state index in [2.05, 4.69) is 22.4 Å². The van der Waals surface area contributed by atoms with Crippen LogP contribution >= 0.6 is 9.64 Å². The number of rotatable bonds is 4. The molecule has 0 N–H and O–H groups in total. The molecule has 0 heterocycles. The van der Waals surface area contributed by atoms with E-state index in [9.17, 15) is 0 Å². The van der Waals surface area contributed by atoms with E-state index in [0.717, 1.165) is 11.1 Å². The summed E-state index contributed by atoms with van der Waals surface area (Å²) in [6.45, 7) is 11.5. The van der Waals surface area contributed by atoms with Crippen LogP contribution < -0.4 is 0 Å². The van der Waals surface area contributed by atoms with Gasteiger partial charge in [0.25, 0.3) is 0 Å². The predicted octanol–water partition coefficient (Wildman–Crippen LogP) is 3.56. The fraction of sp³-hybridized carbons (Fsp3) is 0.200. The van der Waals surface area contributed by atoms with Crippen LogP contribution in [0.1, 0.15) is 13.8 Å². The molecule has 0 saturated carbocycles. The van der Waals surface area contributed by atoms with Crippen molar-refractivity contribution in [3.63, 3.8) is 0 Å². The molecule has 0 saturated heterocycles. The van der Waals surface area contributed by atoms with Gasteiger partial charge in [0.05, 0.1) is 0 Å². The van der Waals surface area contributed by atoms with Gasteiger partial charge in [0, 0.05) is 0 Å². The monoisotopic (exact) mass is 238 g/mol. The maximum absolute atomic E-state index is 6.10. The fourth-order valence-electron chi connectivity index (χ4n) is 0.577. The first-order valence-corrected chi connectivity index (χ1v) is 9.82. The molecule has 0 aliphatic heterocycles. The Morgan fingerprint density at radius 3 is 1.67 bits per heavy atom. The molecule has 0 aromatic carbocycles. The second-order valence-corrected chi connectivity index (χ2v) is 8.95. The second kappa shape index (κ2) is 6.41. The molecule has 0 rings (SSSR count). The normalized spacial score (nSPS) is 10.9. The third-order valence-corrected chi connectivity index (χ3v) is 4.99. The number of hydrogen-bond acceptors (Lipinski definition) is 0. The van der Waals surface area contributed by atoms with E-state index in [1.165, 1.54) is 0 Å². The summed E-state index contributed by atoms with van der Waals surface area (Å²) in [6.07, 6.45) is 3.97. The quantitative estimate of drug-likeness (QED) is 0.520. The molecule has 0 aliphatic carbocycles. The molecule has 0 fully saturated rings. The van der Waals surface area contributed by atoms with Gasteiger partial charge in [-0.25, -0.2) is 0 Å². The third-order valence-electron chi connectivity index (χ3n) is 1.13. The molecule has 64 valence electrons. The van der Waals surface area contributed by atoms with Crippen LogP contribution in [-0.4, -0.2) is 15.2 Å². The molecule has 0 spiro atoms. The summed E-state index contributed by atoms with van der Waals surface area (Å²) >= 11 is -1.76. The van der Waals surface area contributed by atoms with Gasteiger partial charge in [-0.2, -0.15) is 0 Å². The van der Waals surface area contributed by atoms with E-state index in [1.807, 2.05) is 26.0 Å². The van der Waals surface area contributed by atoms with E-state index in [-0.39, 0.29) is 0 Å². The Labute approximate surface area is 84.4 Å². The van der Waals surface area contributed by atoms with Gasteiger partial charge >= 0.3 is 84.4 Å². The van der Waals surface area contributed by atoms with Crippen LogP contribution in [0, 0.1) is 0 Å². The molecule has 0 aromatic heterocycles. The summed E-state index contributed by atoms with van der Waals surface area (Å²) in [5.74, 6) is 0. The van der Waals surface area contributed by atoms with Crippen LogP contribution in [0.4, 0.5) is 0 Å². The molecule has 0 bridgehead atoms. The van der Waals surface area contributed by atoms with Crippen molar-refractivity contribution in [2.45, 2.75) is 13.8 Å². The van der Waals surface area contributed by atoms with Crippen molar-refractivity contribution in [3.8, 4) is 0 Å². The van der Waals surface area contributed by atoms with Gasteiger partial charge in [-0.3, -0.25) is 0 Å². The molecule has 12 heavy (non-hydrogen) atoms. The minimum atomic E-state index is -1.76. The Bertz CT molecular complexity index is 202. The summed E-state index contributed by atoms with van der Waals surface area (Å²) in [6, 6.07) is 0. The summed E-state index contributed by atoms with van der Waals surface area (Å²) < 4.78 is 4.16. The van der Waals surface area contributed by atoms with E-state index < -0.39 is 15.2 Å².